The third kappa shape index (κ3) is 6.50. The molecule has 0 atom stereocenters. The highest BCUT2D eigenvalue weighted by atomic mass is 35.5. The second-order valence-electron chi connectivity index (χ2n) is 10.3. The summed E-state index contributed by atoms with van der Waals surface area (Å²) in [5.74, 6) is -0.929. The smallest absolute Gasteiger partial charge is 0.356 e. The standard InChI is InChI=1S/C35H34ClN3O3/c1-3-5-8-22-13-15-24(16-14-22)26-19-27(17-23-9-6-11-28(36)18-23)31-30(21-26)38-33(35(41)42-4-2)32(31)39-34(40)25-10-7-12-29(37)20-25/h6-7,9-16,18-21,38H,3-5,8,17,37H2,1-2H3,(H,39,40). The van der Waals surface area contributed by atoms with Crippen LogP contribution in [-0.2, 0) is 17.6 Å². The van der Waals surface area contributed by atoms with E-state index in [0.717, 1.165) is 46.9 Å². The minimum absolute atomic E-state index is 0.184. The van der Waals surface area contributed by atoms with E-state index in [1.807, 2.05) is 30.3 Å². The van der Waals surface area contributed by atoms with E-state index in [9.17, 15) is 9.59 Å². The van der Waals surface area contributed by atoms with E-state index in [1.54, 1.807) is 31.2 Å². The molecule has 0 saturated carbocycles. The number of esters is 1. The molecule has 42 heavy (non-hydrogen) atoms. The molecule has 0 aliphatic heterocycles. The number of benzene rings is 4. The molecule has 0 bridgehead atoms. The number of hydrogen-bond donors (Lipinski definition) is 3. The van der Waals surface area contributed by atoms with Crippen LogP contribution >= 0.6 is 11.6 Å². The van der Waals surface area contributed by atoms with Gasteiger partial charge in [-0.25, -0.2) is 4.79 Å². The Labute approximate surface area is 250 Å². The molecule has 6 nitrogen and oxygen atoms in total. The topological polar surface area (TPSA) is 97.2 Å². The van der Waals surface area contributed by atoms with Crippen LogP contribution in [0.2, 0.25) is 5.02 Å². The number of hydrogen-bond acceptors (Lipinski definition) is 4. The summed E-state index contributed by atoms with van der Waals surface area (Å²) in [5.41, 5.74) is 13.3. The lowest BCUT2D eigenvalue weighted by molar-refractivity contribution is 0.0522. The number of carbonyl (C=O) groups excluding carboxylic acids is 2. The van der Waals surface area contributed by atoms with E-state index in [4.69, 9.17) is 22.1 Å². The number of rotatable bonds is 10. The van der Waals surface area contributed by atoms with Crippen LogP contribution in [0.1, 0.15) is 64.2 Å². The Morgan fingerprint density at radius 3 is 2.40 bits per heavy atom. The van der Waals surface area contributed by atoms with Gasteiger partial charge in [-0.1, -0.05) is 67.4 Å². The fraction of sp³-hybridized carbons (Fsp3) is 0.200. The Balaban J connectivity index is 1.67. The molecule has 1 aromatic heterocycles. The molecule has 4 N–H and O–H groups in total. The third-order valence-corrected chi connectivity index (χ3v) is 7.47. The molecule has 0 aliphatic carbocycles. The number of ether oxygens (including phenoxy) is 1. The van der Waals surface area contributed by atoms with E-state index in [2.05, 4.69) is 47.6 Å². The molecule has 5 aromatic rings. The number of nitrogens with two attached hydrogens (primary N) is 1. The SMILES string of the molecule is CCCCc1ccc(-c2cc(Cc3cccc(Cl)c3)c3c(NC(=O)c4cccc(N)c4)c(C(=O)OCC)[nH]c3c2)cc1. The molecule has 0 saturated heterocycles. The summed E-state index contributed by atoms with van der Waals surface area (Å²) in [6.45, 7) is 4.14. The molecular formula is C35H34ClN3O3. The lowest BCUT2D eigenvalue weighted by Crippen LogP contribution is -2.16. The fourth-order valence-corrected chi connectivity index (χ4v) is 5.40. The van der Waals surface area contributed by atoms with Gasteiger partial charge in [0, 0.05) is 27.2 Å². The Kier molecular flexibility index (Phi) is 8.94. The molecule has 0 fully saturated rings. The molecule has 0 spiro atoms. The van der Waals surface area contributed by atoms with Crippen molar-refractivity contribution in [2.45, 2.75) is 39.5 Å². The van der Waals surface area contributed by atoms with Crippen LogP contribution in [0.4, 0.5) is 11.4 Å². The number of nitrogens with one attached hydrogen (secondary N) is 2. The molecule has 7 heteroatoms. The average molecular weight is 580 g/mol. The molecule has 1 amide bonds. The summed E-state index contributed by atoms with van der Waals surface area (Å²) in [7, 11) is 0. The van der Waals surface area contributed by atoms with Crippen molar-refractivity contribution >= 4 is 45.8 Å². The van der Waals surface area contributed by atoms with Crippen LogP contribution in [0.25, 0.3) is 22.0 Å². The van der Waals surface area contributed by atoms with Gasteiger partial charge in [-0.05, 0) is 96.5 Å². The normalized spacial score (nSPS) is 11.0. The zero-order valence-electron chi connectivity index (χ0n) is 23.8. The van der Waals surface area contributed by atoms with E-state index < -0.39 is 5.97 Å². The fourth-order valence-electron chi connectivity index (χ4n) is 5.18. The highest BCUT2D eigenvalue weighted by Gasteiger charge is 2.24. The van der Waals surface area contributed by atoms with Crippen LogP contribution in [0.3, 0.4) is 0 Å². The van der Waals surface area contributed by atoms with Crippen LogP contribution in [-0.4, -0.2) is 23.5 Å². The Hall–Kier alpha value is -4.55. The quantitative estimate of drug-likeness (QED) is 0.114. The molecule has 1 heterocycles. The van der Waals surface area contributed by atoms with Gasteiger partial charge in [0.2, 0.25) is 0 Å². The van der Waals surface area contributed by atoms with E-state index in [1.165, 1.54) is 5.56 Å². The largest absolute Gasteiger partial charge is 0.461 e. The lowest BCUT2D eigenvalue weighted by atomic mass is 9.94. The van der Waals surface area contributed by atoms with Crippen molar-refractivity contribution in [1.82, 2.24) is 4.98 Å². The van der Waals surface area contributed by atoms with Gasteiger partial charge in [-0.2, -0.15) is 0 Å². The van der Waals surface area contributed by atoms with E-state index in [0.29, 0.717) is 33.9 Å². The number of aryl methyl sites for hydroxylation is 1. The summed E-state index contributed by atoms with van der Waals surface area (Å²) in [4.78, 5) is 29.8. The monoisotopic (exact) mass is 579 g/mol. The van der Waals surface area contributed by atoms with Gasteiger partial charge in [0.25, 0.3) is 5.91 Å². The highest BCUT2D eigenvalue weighted by molar-refractivity contribution is 6.30. The zero-order valence-corrected chi connectivity index (χ0v) is 24.6. The summed E-state index contributed by atoms with van der Waals surface area (Å²) >= 11 is 6.33. The van der Waals surface area contributed by atoms with Crippen LogP contribution in [0.15, 0.2) is 84.9 Å². The molecule has 0 radical (unpaired) electrons. The summed E-state index contributed by atoms with van der Waals surface area (Å²) in [5, 5.41) is 4.36. The van der Waals surface area contributed by atoms with Crippen LogP contribution in [0.5, 0.6) is 0 Å². The number of unbranched alkanes of at least 4 members (excludes halogenated alkanes) is 1. The maximum absolute atomic E-state index is 13.4. The zero-order chi connectivity index (χ0) is 29.6. The van der Waals surface area contributed by atoms with E-state index in [-0.39, 0.29) is 18.2 Å². The number of halogens is 1. The highest BCUT2D eigenvalue weighted by Crippen LogP contribution is 2.37. The van der Waals surface area contributed by atoms with Gasteiger partial charge < -0.3 is 20.8 Å². The number of anilines is 2. The van der Waals surface area contributed by atoms with Gasteiger partial charge in [-0.15, -0.1) is 0 Å². The van der Waals surface area contributed by atoms with Gasteiger partial charge >= 0.3 is 5.97 Å². The second-order valence-corrected chi connectivity index (χ2v) is 10.8. The maximum atomic E-state index is 13.4. The first-order chi connectivity index (χ1) is 20.4. The first-order valence-electron chi connectivity index (χ1n) is 14.2. The lowest BCUT2D eigenvalue weighted by Gasteiger charge is -2.13. The van der Waals surface area contributed by atoms with Crippen molar-refractivity contribution in [1.29, 1.82) is 0 Å². The number of carbonyl (C=O) groups is 2. The predicted octanol–water partition coefficient (Wildman–Crippen LogP) is 8.43. The maximum Gasteiger partial charge on any atom is 0.356 e. The van der Waals surface area contributed by atoms with Crippen molar-refractivity contribution in [2.75, 3.05) is 17.7 Å². The Morgan fingerprint density at radius 2 is 1.69 bits per heavy atom. The number of amides is 1. The van der Waals surface area contributed by atoms with Gasteiger partial charge in [0.1, 0.15) is 5.69 Å². The third-order valence-electron chi connectivity index (χ3n) is 7.24. The number of nitrogen functional groups attached to an aromatic ring is 1. The van der Waals surface area contributed by atoms with E-state index >= 15 is 0 Å². The van der Waals surface area contributed by atoms with Crippen LogP contribution < -0.4 is 11.1 Å². The number of aromatic nitrogens is 1. The first kappa shape index (κ1) is 29.0. The second kappa shape index (κ2) is 13.0. The number of H-pyrrole nitrogens is 1. The number of aromatic amines is 1. The van der Waals surface area contributed by atoms with Gasteiger partial charge in [0.15, 0.2) is 0 Å². The number of fused-ring (bicyclic) bond motifs is 1. The van der Waals surface area contributed by atoms with Gasteiger partial charge in [-0.3, -0.25) is 4.79 Å². The Bertz CT molecular complexity index is 1740. The minimum atomic E-state index is -0.549. The molecule has 5 rings (SSSR count). The summed E-state index contributed by atoms with van der Waals surface area (Å²) in [6, 6.07) is 27.1. The summed E-state index contributed by atoms with van der Waals surface area (Å²) < 4.78 is 5.38. The Morgan fingerprint density at radius 1 is 0.905 bits per heavy atom. The van der Waals surface area contributed by atoms with Crippen molar-refractivity contribution in [2.24, 2.45) is 0 Å². The molecular weight excluding hydrogens is 546 g/mol. The van der Waals surface area contributed by atoms with Crippen molar-refractivity contribution in [3.63, 3.8) is 0 Å². The van der Waals surface area contributed by atoms with Crippen molar-refractivity contribution in [3.05, 3.63) is 118 Å². The molecule has 4 aromatic carbocycles. The van der Waals surface area contributed by atoms with Gasteiger partial charge in [0.05, 0.1) is 12.3 Å². The first-order valence-corrected chi connectivity index (χ1v) is 14.6. The van der Waals surface area contributed by atoms with Crippen molar-refractivity contribution in [3.8, 4) is 11.1 Å². The average Bonchev–Trinajstić information content (AvgIpc) is 3.35. The molecule has 0 unspecified atom stereocenters. The predicted molar refractivity (Wildman–Crippen MR) is 171 cm³/mol. The molecule has 214 valence electrons. The minimum Gasteiger partial charge on any atom is -0.461 e. The summed E-state index contributed by atoms with van der Waals surface area (Å²) in [6.07, 6.45) is 3.88. The molecule has 0 aliphatic rings. The van der Waals surface area contributed by atoms with Crippen molar-refractivity contribution < 1.29 is 14.3 Å². The van der Waals surface area contributed by atoms with Crippen LogP contribution in [0, 0.1) is 0 Å².